The molecule has 1 unspecified atom stereocenters. The number of hydrogen-bond donors (Lipinski definition) is 0. The van der Waals surface area contributed by atoms with E-state index in [0.29, 0.717) is 5.92 Å². The summed E-state index contributed by atoms with van der Waals surface area (Å²) in [5.74, 6) is 0.645. The van der Waals surface area contributed by atoms with E-state index in [1.165, 1.54) is 23.1 Å². The van der Waals surface area contributed by atoms with Crippen LogP contribution in [-0.2, 0) is 11.2 Å². The van der Waals surface area contributed by atoms with Gasteiger partial charge in [-0.2, -0.15) is 0 Å². The predicted octanol–water partition coefficient (Wildman–Crippen LogP) is 3.58. The summed E-state index contributed by atoms with van der Waals surface area (Å²) in [6.07, 6.45) is 2.19. The van der Waals surface area contributed by atoms with E-state index < -0.39 is 0 Å². The van der Waals surface area contributed by atoms with Gasteiger partial charge < -0.3 is 9.64 Å². The summed E-state index contributed by atoms with van der Waals surface area (Å²) in [5, 5.41) is 1.27. The molecule has 0 amide bonds. The van der Waals surface area contributed by atoms with Crippen molar-refractivity contribution in [3.05, 3.63) is 35.5 Å². The molecule has 112 valence electrons. The first kappa shape index (κ1) is 14.3. The Hall–Kier alpha value is -1.61. The number of benzene rings is 1. The van der Waals surface area contributed by atoms with Gasteiger partial charge in [0.05, 0.1) is 17.8 Å². The monoisotopic (exact) mass is 284 g/mol. The second kappa shape index (κ2) is 6.02. The molecule has 1 aliphatic heterocycles. The molecule has 3 rings (SSSR count). The van der Waals surface area contributed by atoms with E-state index in [1.54, 1.807) is 0 Å². The third-order valence-electron chi connectivity index (χ3n) is 4.46. The number of aryl methyl sites for hydroxylation is 1. The van der Waals surface area contributed by atoms with Crippen molar-refractivity contribution in [3.8, 4) is 0 Å². The summed E-state index contributed by atoms with van der Waals surface area (Å²) in [5.41, 5.74) is 4.97. The molecule has 21 heavy (non-hydrogen) atoms. The number of hydrogen-bond acceptors (Lipinski definition) is 3. The molecule has 1 saturated heterocycles. The number of nitrogens with zero attached hydrogens (tertiary/aromatic N) is 2. The lowest BCUT2D eigenvalue weighted by molar-refractivity contribution is 0.186. The summed E-state index contributed by atoms with van der Waals surface area (Å²) in [7, 11) is 2.21. The van der Waals surface area contributed by atoms with E-state index in [1.807, 2.05) is 0 Å². The van der Waals surface area contributed by atoms with Crippen LogP contribution in [0.3, 0.4) is 0 Å². The van der Waals surface area contributed by atoms with Gasteiger partial charge in [0, 0.05) is 37.2 Å². The lowest BCUT2D eigenvalue weighted by Gasteiger charge is -2.27. The molecular formula is C18H24N2O. The molecular weight excluding hydrogens is 260 g/mol. The van der Waals surface area contributed by atoms with E-state index in [9.17, 15) is 0 Å². The van der Waals surface area contributed by atoms with Crippen molar-refractivity contribution in [1.29, 1.82) is 0 Å². The van der Waals surface area contributed by atoms with Crippen molar-refractivity contribution in [2.45, 2.75) is 26.7 Å². The Bertz CT molecular complexity index is 632. The molecule has 0 aliphatic carbocycles. The highest BCUT2D eigenvalue weighted by molar-refractivity contribution is 5.93. The van der Waals surface area contributed by atoms with Gasteiger partial charge in [0.25, 0.3) is 0 Å². The summed E-state index contributed by atoms with van der Waals surface area (Å²) in [4.78, 5) is 7.18. The lowest BCUT2D eigenvalue weighted by atomic mass is 10.0. The fourth-order valence-corrected chi connectivity index (χ4v) is 3.42. The molecule has 0 saturated carbocycles. The van der Waals surface area contributed by atoms with Crippen molar-refractivity contribution in [3.63, 3.8) is 0 Å². The third kappa shape index (κ3) is 2.75. The van der Waals surface area contributed by atoms with Crippen molar-refractivity contribution in [2.24, 2.45) is 5.92 Å². The Morgan fingerprint density at radius 2 is 2.14 bits per heavy atom. The first-order valence-corrected chi connectivity index (χ1v) is 7.87. The van der Waals surface area contributed by atoms with Crippen LogP contribution >= 0.6 is 0 Å². The van der Waals surface area contributed by atoms with Crippen LogP contribution in [0.1, 0.15) is 24.6 Å². The minimum absolute atomic E-state index is 0.645. The topological polar surface area (TPSA) is 25.4 Å². The van der Waals surface area contributed by atoms with E-state index in [4.69, 9.17) is 9.72 Å². The Labute approximate surface area is 126 Å². The second-order valence-corrected chi connectivity index (χ2v) is 6.01. The fourth-order valence-electron chi connectivity index (χ4n) is 3.42. The highest BCUT2D eigenvalue weighted by Crippen LogP contribution is 2.32. The highest BCUT2D eigenvalue weighted by Gasteiger charge is 2.21. The number of para-hydroxylation sites is 1. The van der Waals surface area contributed by atoms with Crippen LogP contribution in [0.25, 0.3) is 10.9 Å². The van der Waals surface area contributed by atoms with Crippen LogP contribution in [0.4, 0.5) is 5.69 Å². The molecule has 3 nitrogen and oxygen atoms in total. The normalized spacial score (nSPS) is 18.3. The zero-order chi connectivity index (χ0) is 14.8. The Kier molecular flexibility index (Phi) is 4.11. The number of pyridine rings is 1. The van der Waals surface area contributed by atoms with Gasteiger partial charge in [-0.25, -0.2) is 0 Å². The van der Waals surface area contributed by atoms with Gasteiger partial charge in [-0.1, -0.05) is 25.1 Å². The standard InChI is InChI=1S/C18H24N2O/c1-4-15-13(2)19-17-8-6-5-7-16(17)18(15)20(3)11-14-9-10-21-12-14/h5-8,14H,4,9-12H2,1-3H3. The quantitative estimate of drug-likeness (QED) is 0.858. The van der Waals surface area contributed by atoms with Crippen molar-refractivity contribution >= 4 is 16.6 Å². The fraction of sp³-hybridized carbons (Fsp3) is 0.500. The number of rotatable bonds is 4. The lowest BCUT2D eigenvalue weighted by Crippen LogP contribution is -2.27. The van der Waals surface area contributed by atoms with Gasteiger partial charge in [-0.05, 0) is 31.4 Å². The summed E-state index contributed by atoms with van der Waals surface area (Å²) < 4.78 is 5.52. The molecule has 1 atom stereocenters. The van der Waals surface area contributed by atoms with Crippen LogP contribution < -0.4 is 4.90 Å². The molecule has 2 aromatic rings. The first-order chi connectivity index (χ1) is 10.2. The minimum Gasteiger partial charge on any atom is -0.381 e. The molecule has 0 spiro atoms. The van der Waals surface area contributed by atoms with E-state index >= 15 is 0 Å². The molecule has 3 heteroatoms. The molecule has 0 bridgehead atoms. The highest BCUT2D eigenvalue weighted by atomic mass is 16.5. The van der Waals surface area contributed by atoms with Crippen molar-refractivity contribution < 1.29 is 4.74 Å². The Morgan fingerprint density at radius 1 is 1.33 bits per heavy atom. The van der Waals surface area contributed by atoms with Gasteiger partial charge in [-0.3, -0.25) is 4.98 Å². The summed E-state index contributed by atoms with van der Waals surface area (Å²) >= 11 is 0. The van der Waals surface area contributed by atoms with Crippen molar-refractivity contribution in [2.75, 3.05) is 31.7 Å². The molecule has 0 N–H and O–H groups in total. The Balaban J connectivity index is 2.05. The van der Waals surface area contributed by atoms with Crippen molar-refractivity contribution in [1.82, 2.24) is 4.98 Å². The maximum Gasteiger partial charge on any atom is 0.0726 e. The molecule has 1 aromatic carbocycles. The molecule has 2 heterocycles. The Morgan fingerprint density at radius 3 is 2.86 bits per heavy atom. The first-order valence-electron chi connectivity index (χ1n) is 7.87. The predicted molar refractivity (Wildman–Crippen MR) is 88.1 cm³/mol. The van der Waals surface area contributed by atoms with Gasteiger partial charge in [0.15, 0.2) is 0 Å². The largest absolute Gasteiger partial charge is 0.381 e. The van der Waals surface area contributed by atoms with E-state index in [0.717, 1.165) is 37.4 Å². The molecule has 1 aliphatic rings. The molecule has 0 radical (unpaired) electrons. The van der Waals surface area contributed by atoms with Crippen LogP contribution in [0.5, 0.6) is 0 Å². The number of anilines is 1. The average molecular weight is 284 g/mol. The van der Waals surface area contributed by atoms with Crippen LogP contribution in [0.2, 0.25) is 0 Å². The van der Waals surface area contributed by atoms with Gasteiger partial charge in [0.1, 0.15) is 0 Å². The SMILES string of the molecule is CCc1c(C)nc2ccccc2c1N(C)CC1CCOC1. The zero-order valence-electron chi connectivity index (χ0n) is 13.2. The number of aromatic nitrogens is 1. The zero-order valence-corrected chi connectivity index (χ0v) is 13.2. The minimum atomic E-state index is 0.645. The third-order valence-corrected chi connectivity index (χ3v) is 4.46. The molecule has 1 fully saturated rings. The summed E-state index contributed by atoms with van der Waals surface area (Å²) in [6.45, 7) is 7.21. The summed E-state index contributed by atoms with van der Waals surface area (Å²) in [6, 6.07) is 8.47. The van der Waals surface area contributed by atoms with E-state index in [2.05, 4.69) is 50.1 Å². The molecule has 1 aromatic heterocycles. The van der Waals surface area contributed by atoms with Crippen LogP contribution in [0.15, 0.2) is 24.3 Å². The van der Waals surface area contributed by atoms with E-state index in [-0.39, 0.29) is 0 Å². The van der Waals surface area contributed by atoms with Crippen LogP contribution in [0, 0.1) is 12.8 Å². The maximum atomic E-state index is 5.52. The number of fused-ring (bicyclic) bond motifs is 1. The second-order valence-electron chi connectivity index (χ2n) is 6.01. The van der Waals surface area contributed by atoms with Gasteiger partial charge >= 0.3 is 0 Å². The van der Waals surface area contributed by atoms with Crippen LogP contribution in [-0.4, -0.2) is 31.8 Å². The maximum absolute atomic E-state index is 5.52. The smallest absolute Gasteiger partial charge is 0.0726 e. The van der Waals surface area contributed by atoms with Gasteiger partial charge in [-0.15, -0.1) is 0 Å². The number of ether oxygens (including phenoxy) is 1. The van der Waals surface area contributed by atoms with Gasteiger partial charge in [0.2, 0.25) is 0 Å². The average Bonchev–Trinajstić information content (AvgIpc) is 2.98.